The number of carbonyl (C=O) groups is 2. The van der Waals surface area contributed by atoms with Crippen molar-refractivity contribution in [1.82, 2.24) is 0 Å². The number of hydrogen-bond donors (Lipinski definition) is 3. The lowest BCUT2D eigenvalue weighted by molar-refractivity contribution is -0.151. The molecule has 0 fully saturated rings. The van der Waals surface area contributed by atoms with Crippen molar-refractivity contribution in [1.29, 1.82) is 0 Å². The highest BCUT2D eigenvalue weighted by atomic mass is 16.5. The van der Waals surface area contributed by atoms with E-state index in [9.17, 15) is 14.7 Å². The molecule has 7 nitrogen and oxygen atoms in total. The summed E-state index contributed by atoms with van der Waals surface area (Å²) in [6.45, 7) is 1.78. The van der Waals surface area contributed by atoms with Crippen LogP contribution in [0, 0.1) is 0 Å². The average Bonchev–Trinajstić information content (AvgIpc) is 2.38. The van der Waals surface area contributed by atoms with E-state index < -0.39 is 18.1 Å². The molecular weight excluding hydrogens is 262 g/mol. The van der Waals surface area contributed by atoms with Crippen molar-refractivity contribution in [3.8, 4) is 0 Å². The summed E-state index contributed by atoms with van der Waals surface area (Å²) in [6.07, 6.45) is -1.56. The number of esters is 1. The molecule has 1 atom stereocenters. The van der Waals surface area contributed by atoms with Gasteiger partial charge in [0.25, 0.3) is 5.91 Å². The maximum absolute atomic E-state index is 11.4. The first-order chi connectivity index (χ1) is 9.36. The Morgan fingerprint density at radius 3 is 2.60 bits per heavy atom. The fourth-order valence-electron chi connectivity index (χ4n) is 1.57. The Balaban J connectivity index is 3.00. The quantitative estimate of drug-likeness (QED) is 0.506. The number of aliphatic hydroxyl groups is 1. The van der Waals surface area contributed by atoms with Crippen LogP contribution in [0.4, 0.5) is 11.4 Å². The molecular formula is C13H19N3O4. The second-order valence-corrected chi connectivity index (χ2v) is 4.29. The summed E-state index contributed by atoms with van der Waals surface area (Å²) in [5.74, 6) is -1.48. The van der Waals surface area contributed by atoms with Crippen molar-refractivity contribution < 1.29 is 19.4 Å². The third kappa shape index (κ3) is 3.86. The van der Waals surface area contributed by atoms with E-state index in [-0.39, 0.29) is 17.9 Å². The first-order valence-electron chi connectivity index (χ1n) is 6.09. The maximum atomic E-state index is 11.4. The van der Waals surface area contributed by atoms with Crippen molar-refractivity contribution >= 4 is 23.3 Å². The van der Waals surface area contributed by atoms with Gasteiger partial charge in [-0.25, -0.2) is 4.79 Å². The normalized spacial score (nSPS) is 11.6. The van der Waals surface area contributed by atoms with Crippen LogP contribution in [0.3, 0.4) is 0 Å². The van der Waals surface area contributed by atoms with E-state index in [0.717, 1.165) is 5.69 Å². The van der Waals surface area contributed by atoms with Gasteiger partial charge in [0.15, 0.2) is 0 Å². The maximum Gasteiger partial charge on any atom is 0.356 e. The molecule has 0 bridgehead atoms. The molecule has 1 rings (SSSR count). The number of nitrogens with zero attached hydrogens (tertiary/aromatic N) is 1. The minimum Gasteiger partial charge on any atom is -0.463 e. The molecule has 0 spiro atoms. The molecule has 0 aliphatic rings. The van der Waals surface area contributed by atoms with Crippen molar-refractivity contribution in [2.24, 2.45) is 5.73 Å². The Labute approximate surface area is 117 Å². The zero-order valence-corrected chi connectivity index (χ0v) is 11.7. The summed E-state index contributed by atoms with van der Waals surface area (Å²) in [5.41, 5.74) is 6.52. The minimum atomic E-state index is -1.56. The SMILES string of the molecule is CCOC(=O)C(O)Nc1ccc(N(C)C)cc1C(N)=O. The lowest BCUT2D eigenvalue weighted by atomic mass is 10.1. The molecule has 0 saturated carbocycles. The average molecular weight is 281 g/mol. The first-order valence-corrected chi connectivity index (χ1v) is 6.09. The lowest BCUT2D eigenvalue weighted by Crippen LogP contribution is -2.32. The molecule has 4 N–H and O–H groups in total. The van der Waals surface area contributed by atoms with Gasteiger partial charge in [0.2, 0.25) is 6.23 Å². The zero-order chi connectivity index (χ0) is 15.3. The van der Waals surface area contributed by atoms with Gasteiger partial charge in [0.05, 0.1) is 12.2 Å². The number of nitrogens with one attached hydrogen (secondary N) is 1. The van der Waals surface area contributed by atoms with Gasteiger partial charge in [-0.05, 0) is 25.1 Å². The second kappa shape index (κ2) is 6.76. The van der Waals surface area contributed by atoms with E-state index in [4.69, 9.17) is 5.73 Å². The number of rotatable bonds is 6. The van der Waals surface area contributed by atoms with E-state index in [2.05, 4.69) is 10.1 Å². The number of ether oxygens (including phenoxy) is 1. The highest BCUT2D eigenvalue weighted by molar-refractivity contribution is 6.00. The van der Waals surface area contributed by atoms with E-state index in [0.29, 0.717) is 0 Å². The first kappa shape index (κ1) is 15.8. The van der Waals surface area contributed by atoms with Gasteiger partial charge in [0, 0.05) is 25.5 Å². The molecule has 0 saturated heterocycles. The smallest absolute Gasteiger partial charge is 0.356 e. The number of anilines is 2. The molecule has 1 unspecified atom stereocenters. The van der Waals surface area contributed by atoms with Crippen molar-refractivity contribution in [2.45, 2.75) is 13.2 Å². The third-order valence-electron chi connectivity index (χ3n) is 2.59. The molecule has 20 heavy (non-hydrogen) atoms. The van der Waals surface area contributed by atoms with Crippen LogP contribution in [0.2, 0.25) is 0 Å². The molecule has 0 aliphatic heterocycles. The molecule has 110 valence electrons. The fourth-order valence-corrected chi connectivity index (χ4v) is 1.57. The number of benzene rings is 1. The molecule has 0 aromatic heterocycles. The van der Waals surface area contributed by atoms with Crippen LogP contribution in [-0.2, 0) is 9.53 Å². The molecule has 0 aliphatic carbocycles. The van der Waals surface area contributed by atoms with E-state index in [1.807, 2.05) is 14.1 Å². The summed E-state index contributed by atoms with van der Waals surface area (Å²) >= 11 is 0. The fraction of sp³-hybridized carbons (Fsp3) is 0.385. The number of nitrogens with two attached hydrogens (primary N) is 1. The summed E-state index contributed by atoms with van der Waals surface area (Å²) in [4.78, 5) is 24.6. The van der Waals surface area contributed by atoms with E-state index in [1.165, 1.54) is 0 Å². The molecule has 1 amide bonds. The summed E-state index contributed by atoms with van der Waals surface area (Å²) in [5, 5.41) is 12.1. The van der Waals surface area contributed by atoms with Gasteiger partial charge in [0.1, 0.15) is 0 Å². The molecule has 0 radical (unpaired) electrons. The minimum absolute atomic E-state index is 0.153. The number of amides is 1. The van der Waals surface area contributed by atoms with Crippen molar-refractivity contribution in [2.75, 3.05) is 30.9 Å². The van der Waals surface area contributed by atoms with Gasteiger partial charge < -0.3 is 25.8 Å². The number of primary amides is 1. The predicted molar refractivity (Wildman–Crippen MR) is 75.5 cm³/mol. The molecule has 7 heteroatoms. The van der Waals surface area contributed by atoms with Gasteiger partial charge in [-0.15, -0.1) is 0 Å². The van der Waals surface area contributed by atoms with E-state index in [1.54, 1.807) is 30.0 Å². The van der Waals surface area contributed by atoms with Gasteiger partial charge in [-0.2, -0.15) is 0 Å². The topological polar surface area (TPSA) is 105 Å². The molecule has 0 heterocycles. The summed E-state index contributed by atoms with van der Waals surface area (Å²) in [6, 6.07) is 4.87. The Morgan fingerprint density at radius 1 is 1.45 bits per heavy atom. The highest BCUT2D eigenvalue weighted by Crippen LogP contribution is 2.22. The van der Waals surface area contributed by atoms with Crippen molar-refractivity contribution in [3.63, 3.8) is 0 Å². The third-order valence-corrected chi connectivity index (χ3v) is 2.59. The van der Waals surface area contributed by atoms with Crippen LogP contribution < -0.4 is 16.0 Å². The second-order valence-electron chi connectivity index (χ2n) is 4.29. The monoisotopic (exact) mass is 281 g/mol. The van der Waals surface area contributed by atoms with Crippen LogP contribution in [-0.4, -0.2) is 43.9 Å². The Bertz CT molecular complexity index is 502. The Morgan fingerprint density at radius 2 is 2.10 bits per heavy atom. The standard InChI is InChI=1S/C13H19N3O4/c1-4-20-13(19)12(18)15-10-6-5-8(16(2)3)7-9(10)11(14)17/h5-7,12,15,18H,4H2,1-3H3,(H2,14,17). The van der Waals surface area contributed by atoms with Crippen LogP contribution in [0.25, 0.3) is 0 Å². The van der Waals surface area contributed by atoms with E-state index >= 15 is 0 Å². The highest BCUT2D eigenvalue weighted by Gasteiger charge is 2.19. The largest absolute Gasteiger partial charge is 0.463 e. The van der Waals surface area contributed by atoms with Crippen LogP contribution in [0.15, 0.2) is 18.2 Å². The van der Waals surface area contributed by atoms with Crippen LogP contribution >= 0.6 is 0 Å². The summed E-state index contributed by atoms with van der Waals surface area (Å²) in [7, 11) is 3.64. The van der Waals surface area contributed by atoms with Gasteiger partial charge in [-0.1, -0.05) is 0 Å². The molecule has 1 aromatic carbocycles. The lowest BCUT2D eigenvalue weighted by Gasteiger charge is -2.18. The van der Waals surface area contributed by atoms with Crippen molar-refractivity contribution in [3.05, 3.63) is 23.8 Å². The van der Waals surface area contributed by atoms with Crippen LogP contribution in [0.1, 0.15) is 17.3 Å². The Hall–Kier alpha value is -2.28. The molecule has 1 aromatic rings. The number of aliphatic hydroxyl groups excluding tert-OH is 1. The van der Waals surface area contributed by atoms with Crippen LogP contribution in [0.5, 0.6) is 0 Å². The van der Waals surface area contributed by atoms with Gasteiger partial charge in [-0.3, -0.25) is 4.79 Å². The summed E-state index contributed by atoms with van der Waals surface area (Å²) < 4.78 is 4.66. The number of hydrogen-bond acceptors (Lipinski definition) is 6. The zero-order valence-electron chi connectivity index (χ0n) is 11.7. The number of carbonyl (C=O) groups excluding carboxylic acids is 2. The predicted octanol–water partition coefficient (Wildman–Crippen LogP) is 0.145. The van der Waals surface area contributed by atoms with Gasteiger partial charge >= 0.3 is 5.97 Å². The Kier molecular flexibility index (Phi) is 5.33.